The second kappa shape index (κ2) is 10.7. The number of thioether (sulfide) groups is 1. The third-order valence-electron chi connectivity index (χ3n) is 2.98. The highest BCUT2D eigenvalue weighted by Crippen LogP contribution is 2.10. The molecule has 0 heterocycles. The van der Waals surface area contributed by atoms with E-state index in [1.807, 2.05) is 60.1 Å². The highest BCUT2D eigenvalue weighted by molar-refractivity contribution is 7.97. The van der Waals surface area contributed by atoms with E-state index >= 15 is 0 Å². The van der Waals surface area contributed by atoms with E-state index in [0.717, 1.165) is 11.4 Å². The molecule has 2 nitrogen and oxygen atoms in total. The molecule has 0 saturated carbocycles. The average Bonchev–Trinajstić information content (AvgIpc) is 2.57. The summed E-state index contributed by atoms with van der Waals surface area (Å²) in [5.74, 6) is 1.09. The van der Waals surface area contributed by atoms with Gasteiger partial charge in [0.05, 0.1) is 6.34 Å². The Morgan fingerprint density at radius 3 is 2.23 bits per heavy atom. The van der Waals surface area contributed by atoms with E-state index in [0.29, 0.717) is 0 Å². The van der Waals surface area contributed by atoms with Crippen molar-refractivity contribution in [3.8, 4) is 0 Å². The monoisotopic (exact) mass is 312 g/mol. The van der Waals surface area contributed by atoms with Gasteiger partial charge in [-0.15, -0.1) is 0 Å². The molecular weight excluding hydrogens is 288 g/mol. The van der Waals surface area contributed by atoms with E-state index in [4.69, 9.17) is 0 Å². The summed E-state index contributed by atoms with van der Waals surface area (Å²) in [6, 6.07) is 18.6. The second-order valence-electron chi connectivity index (χ2n) is 4.70. The van der Waals surface area contributed by atoms with Crippen molar-refractivity contribution in [2.45, 2.75) is 5.75 Å². The van der Waals surface area contributed by atoms with Gasteiger partial charge in [0.1, 0.15) is 0 Å². The first-order valence-corrected chi connectivity index (χ1v) is 8.51. The van der Waals surface area contributed by atoms with Crippen LogP contribution in [0.25, 0.3) is 6.08 Å². The first-order chi connectivity index (χ1) is 10.7. The lowest BCUT2D eigenvalue weighted by Crippen LogP contribution is -2.13. The van der Waals surface area contributed by atoms with Gasteiger partial charge in [0.15, 0.2) is 0 Å². The van der Waals surface area contributed by atoms with Crippen molar-refractivity contribution in [2.75, 3.05) is 25.3 Å². The Bertz CT molecular complexity index is 562. The number of nitrogens with zero attached hydrogens (tertiary/aromatic N) is 2. The molecule has 0 N–H and O–H groups in total. The number of hydrogen-bond donors (Lipinski definition) is 0. The summed E-state index contributed by atoms with van der Waals surface area (Å²) in [6.07, 6.45) is 5.76. The van der Waals surface area contributed by atoms with Gasteiger partial charge in [-0.25, -0.2) is 0 Å². The van der Waals surface area contributed by atoms with Crippen molar-refractivity contribution in [3.05, 3.63) is 72.3 Å². The van der Waals surface area contributed by atoms with E-state index < -0.39 is 0 Å². The number of anilines is 1. The number of benzene rings is 2. The Labute approximate surface area is 138 Å². The van der Waals surface area contributed by atoms with Crippen LogP contribution in [-0.4, -0.2) is 26.7 Å². The minimum absolute atomic E-state index is 1.09. The zero-order valence-corrected chi connectivity index (χ0v) is 14.4. The molecule has 22 heavy (non-hydrogen) atoms. The molecule has 0 atom stereocenters. The third kappa shape index (κ3) is 6.64. The number of para-hydroxylation sites is 1. The van der Waals surface area contributed by atoms with Gasteiger partial charge in [-0.05, 0) is 29.5 Å². The molecule has 0 amide bonds. The zero-order valence-electron chi connectivity index (χ0n) is 13.6. The van der Waals surface area contributed by atoms with Gasteiger partial charge in [0.25, 0.3) is 0 Å². The molecule has 0 saturated heterocycles. The first kappa shape index (κ1) is 18.1. The van der Waals surface area contributed by atoms with Crippen LogP contribution in [0.2, 0.25) is 0 Å². The Hall–Kier alpha value is -2.00. The van der Waals surface area contributed by atoms with Crippen molar-refractivity contribution >= 4 is 29.9 Å². The number of hydrogen-bond acceptors (Lipinski definition) is 2. The second-order valence-corrected chi connectivity index (χ2v) is 5.56. The maximum absolute atomic E-state index is 3.91. The van der Waals surface area contributed by atoms with Crippen molar-refractivity contribution < 1.29 is 0 Å². The molecule has 0 fully saturated rings. The van der Waals surface area contributed by atoms with E-state index in [2.05, 4.69) is 42.1 Å². The van der Waals surface area contributed by atoms with Crippen LogP contribution in [0.1, 0.15) is 11.1 Å². The van der Waals surface area contributed by atoms with Crippen molar-refractivity contribution in [1.82, 2.24) is 0 Å². The zero-order chi connectivity index (χ0) is 16.2. The van der Waals surface area contributed by atoms with Gasteiger partial charge < -0.3 is 4.90 Å². The molecule has 0 bridgehead atoms. The molecule has 0 aliphatic heterocycles. The molecule has 0 aromatic heterocycles. The summed E-state index contributed by atoms with van der Waals surface area (Å²) in [6.45, 7) is 3.70. The van der Waals surface area contributed by atoms with E-state index in [9.17, 15) is 0 Å². The van der Waals surface area contributed by atoms with E-state index in [1.54, 1.807) is 13.4 Å². The third-order valence-corrected chi connectivity index (χ3v) is 3.60. The molecule has 2 aromatic rings. The Balaban J connectivity index is 0.000000220. The summed E-state index contributed by atoms with van der Waals surface area (Å²) in [4.78, 5) is 5.89. The first-order valence-electron chi connectivity index (χ1n) is 7.11. The van der Waals surface area contributed by atoms with Crippen LogP contribution in [0, 0.1) is 0 Å². The minimum Gasteiger partial charge on any atom is -0.336 e. The van der Waals surface area contributed by atoms with Gasteiger partial charge in [-0.2, -0.15) is 11.8 Å². The fourth-order valence-electron chi connectivity index (χ4n) is 1.82. The molecule has 0 unspecified atom stereocenters. The predicted molar refractivity (Wildman–Crippen MR) is 103 cm³/mol. The highest BCUT2D eigenvalue weighted by Gasteiger charge is 1.92. The maximum Gasteiger partial charge on any atom is 0.0888 e. The normalized spacial score (nSPS) is 9.95. The fraction of sp³-hybridized carbons (Fsp3) is 0.211. The summed E-state index contributed by atoms with van der Waals surface area (Å²) < 4.78 is 0. The molecule has 3 heteroatoms. The predicted octanol–water partition coefficient (Wildman–Crippen LogP) is 4.97. The molecule has 2 rings (SSSR count). The standard InChI is InChI=1S/C10H12S.C9H12N2/c1-3-9-4-6-10(7-5-9)8-11-2;1-10-8-11(2)9-6-4-3-5-7-9/h3-7H,1,8H2,2H3;3-8H,1-2H3. The van der Waals surface area contributed by atoms with Crippen LogP contribution < -0.4 is 4.90 Å². The van der Waals surface area contributed by atoms with Gasteiger partial charge in [0.2, 0.25) is 0 Å². The van der Waals surface area contributed by atoms with Gasteiger partial charge in [-0.3, -0.25) is 4.99 Å². The Morgan fingerprint density at radius 1 is 1.09 bits per heavy atom. The Kier molecular flexibility index (Phi) is 8.77. The Morgan fingerprint density at radius 2 is 1.73 bits per heavy atom. The van der Waals surface area contributed by atoms with Gasteiger partial charge >= 0.3 is 0 Å². The minimum atomic E-state index is 1.09. The molecule has 2 aromatic carbocycles. The van der Waals surface area contributed by atoms with Crippen LogP contribution in [0.4, 0.5) is 5.69 Å². The average molecular weight is 312 g/mol. The van der Waals surface area contributed by atoms with Crippen molar-refractivity contribution in [3.63, 3.8) is 0 Å². The van der Waals surface area contributed by atoms with Crippen LogP contribution >= 0.6 is 11.8 Å². The lowest BCUT2D eigenvalue weighted by atomic mass is 10.1. The summed E-state index contributed by atoms with van der Waals surface area (Å²) in [7, 11) is 3.74. The molecule has 0 aliphatic rings. The molecule has 0 aliphatic carbocycles. The summed E-state index contributed by atoms with van der Waals surface area (Å²) in [5, 5.41) is 0. The molecule has 0 spiro atoms. The van der Waals surface area contributed by atoms with Crippen LogP contribution in [0.3, 0.4) is 0 Å². The van der Waals surface area contributed by atoms with Crippen LogP contribution in [0.15, 0.2) is 66.2 Å². The number of aliphatic imine (C=N–C) groups is 1. The SMILES string of the molecule is C=Cc1ccc(CSC)cc1.CN=CN(C)c1ccccc1. The largest absolute Gasteiger partial charge is 0.336 e. The highest BCUT2D eigenvalue weighted by atomic mass is 32.2. The molecule has 0 radical (unpaired) electrons. The van der Waals surface area contributed by atoms with Gasteiger partial charge in [0, 0.05) is 25.5 Å². The number of rotatable bonds is 5. The lowest BCUT2D eigenvalue weighted by molar-refractivity contribution is 1.27. The quantitative estimate of drug-likeness (QED) is 0.572. The molecule has 116 valence electrons. The van der Waals surface area contributed by atoms with Crippen LogP contribution in [0.5, 0.6) is 0 Å². The van der Waals surface area contributed by atoms with Crippen molar-refractivity contribution in [2.24, 2.45) is 4.99 Å². The summed E-state index contributed by atoms with van der Waals surface area (Å²) >= 11 is 1.84. The summed E-state index contributed by atoms with van der Waals surface area (Å²) in [5.41, 5.74) is 3.72. The molecular formula is C19H24N2S. The van der Waals surface area contributed by atoms with Gasteiger partial charge in [-0.1, -0.05) is 55.1 Å². The lowest BCUT2D eigenvalue weighted by Gasteiger charge is -2.11. The van der Waals surface area contributed by atoms with E-state index in [-0.39, 0.29) is 0 Å². The maximum atomic E-state index is 3.91. The fourth-order valence-corrected chi connectivity index (χ4v) is 2.35. The van der Waals surface area contributed by atoms with Crippen molar-refractivity contribution in [1.29, 1.82) is 0 Å². The topological polar surface area (TPSA) is 15.6 Å². The van der Waals surface area contributed by atoms with Crippen LogP contribution in [-0.2, 0) is 5.75 Å². The van der Waals surface area contributed by atoms with E-state index in [1.165, 1.54) is 11.1 Å². The smallest absolute Gasteiger partial charge is 0.0888 e.